The smallest absolute Gasteiger partial charge is 0.129 e. The summed E-state index contributed by atoms with van der Waals surface area (Å²) in [5.41, 5.74) is 3.16. The maximum absolute atomic E-state index is 5.89. The fraction of sp³-hybridized carbons (Fsp3) is 0.423. The summed E-state index contributed by atoms with van der Waals surface area (Å²) >= 11 is 0. The Labute approximate surface area is 180 Å². The zero-order chi connectivity index (χ0) is 20.6. The summed E-state index contributed by atoms with van der Waals surface area (Å²) in [4.78, 5) is 8.39. The molecule has 1 aromatic rings. The van der Waals surface area contributed by atoms with Crippen LogP contribution in [0.25, 0.3) is 0 Å². The molecule has 2 unspecified atom stereocenters. The quantitative estimate of drug-likeness (QED) is 0.358. The van der Waals surface area contributed by atoms with E-state index < -0.39 is 0 Å². The summed E-state index contributed by atoms with van der Waals surface area (Å²) < 4.78 is 5.33. The molecule has 0 bridgehead atoms. The predicted octanol–water partition coefficient (Wildman–Crippen LogP) is 5.15. The lowest BCUT2D eigenvalue weighted by molar-refractivity contribution is 0.112. The molecule has 2 aliphatic carbocycles. The van der Waals surface area contributed by atoms with E-state index in [0.717, 1.165) is 23.6 Å². The molecule has 1 heterocycles. The van der Waals surface area contributed by atoms with Crippen molar-refractivity contribution in [2.24, 2.45) is 17.0 Å². The molecule has 1 aliphatic heterocycles. The van der Waals surface area contributed by atoms with Crippen LogP contribution in [0.3, 0.4) is 0 Å². The molecule has 4 heteroatoms. The first-order valence-corrected chi connectivity index (χ1v) is 11.2. The number of fused-ring (bicyclic) bond motifs is 1. The maximum atomic E-state index is 5.89. The number of oxime groups is 1. The van der Waals surface area contributed by atoms with Crippen LogP contribution in [0.5, 0.6) is 5.75 Å². The third-order valence-corrected chi connectivity index (χ3v) is 6.14. The van der Waals surface area contributed by atoms with Crippen molar-refractivity contribution in [1.82, 2.24) is 4.90 Å². The van der Waals surface area contributed by atoms with Gasteiger partial charge in [0, 0.05) is 23.9 Å². The van der Waals surface area contributed by atoms with Crippen LogP contribution < -0.4 is 4.74 Å². The molecule has 1 aromatic carbocycles. The van der Waals surface area contributed by atoms with Crippen LogP contribution in [-0.2, 0) is 4.84 Å². The minimum atomic E-state index is 0.287. The van der Waals surface area contributed by atoms with E-state index in [1.807, 2.05) is 12.1 Å². The van der Waals surface area contributed by atoms with E-state index in [1.165, 1.54) is 44.3 Å². The summed E-state index contributed by atoms with van der Waals surface area (Å²) in [5, 5.41) is 4.66. The third kappa shape index (κ3) is 5.11. The van der Waals surface area contributed by atoms with Crippen molar-refractivity contribution in [3.05, 3.63) is 77.9 Å². The van der Waals surface area contributed by atoms with Crippen LogP contribution in [0, 0.1) is 11.8 Å². The number of rotatable bonds is 7. The molecular weight excluding hydrogens is 372 g/mol. The van der Waals surface area contributed by atoms with Gasteiger partial charge in [0.1, 0.15) is 18.1 Å². The van der Waals surface area contributed by atoms with Crippen LogP contribution in [0.4, 0.5) is 0 Å². The van der Waals surface area contributed by atoms with Crippen molar-refractivity contribution in [3.63, 3.8) is 0 Å². The van der Waals surface area contributed by atoms with Gasteiger partial charge in [-0.2, -0.15) is 0 Å². The fourth-order valence-corrected chi connectivity index (χ4v) is 4.42. The van der Waals surface area contributed by atoms with Crippen molar-refractivity contribution < 1.29 is 9.57 Å². The summed E-state index contributed by atoms with van der Waals surface area (Å²) in [6.45, 7) is 3.91. The Morgan fingerprint density at radius 3 is 2.47 bits per heavy atom. The molecule has 30 heavy (non-hydrogen) atoms. The molecule has 0 saturated carbocycles. The predicted molar refractivity (Wildman–Crippen MR) is 123 cm³/mol. The summed E-state index contributed by atoms with van der Waals surface area (Å²) in [7, 11) is 1.69. The van der Waals surface area contributed by atoms with Gasteiger partial charge in [0.15, 0.2) is 0 Å². The topological polar surface area (TPSA) is 34.1 Å². The lowest BCUT2D eigenvalue weighted by atomic mass is 9.77. The molecular formula is C26H32N2O2. The van der Waals surface area contributed by atoms with E-state index in [1.54, 1.807) is 7.11 Å². The van der Waals surface area contributed by atoms with E-state index in [4.69, 9.17) is 9.57 Å². The van der Waals surface area contributed by atoms with Crippen molar-refractivity contribution in [2.45, 2.75) is 25.7 Å². The van der Waals surface area contributed by atoms with Crippen molar-refractivity contribution in [3.8, 4) is 5.75 Å². The highest BCUT2D eigenvalue weighted by molar-refractivity contribution is 6.13. The molecule has 1 saturated heterocycles. The van der Waals surface area contributed by atoms with Gasteiger partial charge in [-0.05, 0) is 55.8 Å². The zero-order valence-electron chi connectivity index (χ0n) is 17.9. The third-order valence-electron chi connectivity index (χ3n) is 6.14. The summed E-state index contributed by atoms with van der Waals surface area (Å²) in [5.74, 6) is 1.50. The second kappa shape index (κ2) is 10.4. The Balaban J connectivity index is 1.51. The Morgan fingerprint density at radius 2 is 1.70 bits per heavy atom. The van der Waals surface area contributed by atoms with Crippen LogP contribution in [0.2, 0.25) is 0 Å². The zero-order valence-corrected chi connectivity index (χ0v) is 17.9. The van der Waals surface area contributed by atoms with E-state index in [9.17, 15) is 0 Å². The molecule has 4 nitrogen and oxygen atoms in total. The number of benzene rings is 1. The average Bonchev–Trinajstić information content (AvgIpc) is 3.08. The molecule has 0 aromatic heterocycles. The monoisotopic (exact) mass is 404 g/mol. The van der Waals surface area contributed by atoms with Crippen molar-refractivity contribution in [2.75, 3.05) is 33.4 Å². The van der Waals surface area contributed by atoms with Gasteiger partial charge in [0.05, 0.1) is 7.11 Å². The molecule has 2 atom stereocenters. The molecule has 4 rings (SSSR count). The molecule has 0 radical (unpaired) electrons. The van der Waals surface area contributed by atoms with E-state index in [0.29, 0.717) is 12.5 Å². The Kier molecular flexibility index (Phi) is 7.20. The molecule has 158 valence electrons. The number of nitrogens with zero attached hydrogens (tertiary/aromatic N) is 2. The Hall–Kier alpha value is -2.59. The van der Waals surface area contributed by atoms with Crippen molar-refractivity contribution in [1.29, 1.82) is 0 Å². The van der Waals surface area contributed by atoms with Gasteiger partial charge in [-0.3, -0.25) is 4.90 Å². The van der Waals surface area contributed by atoms with Crippen LogP contribution >= 0.6 is 0 Å². The standard InChI is InChI=1S/C26H32N2O2/c1-29-23-15-13-22(14-16-23)26(25-12-8-10-21-9-4-5-11-24(21)25)27-30-20-19-28-17-6-2-3-7-18-28/h4-5,8-16,21,24H,2-3,6-7,17-20H2,1H3/b27-26-. The largest absolute Gasteiger partial charge is 0.497 e. The first-order valence-electron chi connectivity index (χ1n) is 11.2. The highest BCUT2D eigenvalue weighted by atomic mass is 16.6. The molecule has 3 aliphatic rings. The molecule has 1 fully saturated rings. The van der Waals surface area contributed by atoms with E-state index in [2.05, 4.69) is 64.7 Å². The van der Waals surface area contributed by atoms with Crippen LogP contribution in [0.1, 0.15) is 31.2 Å². The first-order chi connectivity index (χ1) is 14.8. The number of allylic oxidation sites excluding steroid dienone is 8. The van der Waals surface area contributed by atoms with Gasteiger partial charge in [0.2, 0.25) is 0 Å². The van der Waals surface area contributed by atoms with E-state index in [-0.39, 0.29) is 5.92 Å². The second-order valence-electron chi connectivity index (χ2n) is 8.14. The number of hydrogen-bond donors (Lipinski definition) is 0. The average molecular weight is 405 g/mol. The van der Waals surface area contributed by atoms with Crippen LogP contribution in [-0.4, -0.2) is 44.0 Å². The minimum absolute atomic E-state index is 0.287. The Morgan fingerprint density at radius 1 is 0.967 bits per heavy atom. The highest BCUT2D eigenvalue weighted by Gasteiger charge is 2.27. The second-order valence-corrected chi connectivity index (χ2v) is 8.14. The van der Waals surface area contributed by atoms with Gasteiger partial charge >= 0.3 is 0 Å². The number of likely N-dealkylation sites (tertiary alicyclic amines) is 1. The van der Waals surface area contributed by atoms with E-state index >= 15 is 0 Å². The van der Waals surface area contributed by atoms with Gasteiger partial charge in [-0.15, -0.1) is 0 Å². The summed E-state index contributed by atoms with van der Waals surface area (Å²) in [6, 6.07) is 8.09. The number of ether oxygens (including phenoxy) is 1. The normalized spacial score (nSPS) is 24.2. The lowest BCUT2D eigenvalue weighted by Crippen LogP contribution is -2.28. The maximum Gasteiger partial charge on any atom is 0.129 e. The number of methoxy groups -OCH3 is 1. The van der Waals surface area contributed by atoms with Gasteiger partial charge in [-0.1, -0.05) is 60.5 Å². The first kappa shape index (κ1) is 20.7. The molecule has 0 spiro atoms. The molecule has 0 amide bonds. The minimum Gasteiger partial charge on any atom is -0.497 e. The van der Waals surface area contributed by atoms with Crippen molar-refractivity contribution >= 4 is 5.71 Å². The van der Waals surface area contributed by atoms with Gasteiger partial charge in [-0.25, -0.2) is 0 Å². The highest BCUT2D eigenvalue weighted by Crippen LogP contribution is 2.33. The summed E-state index contributed by atoms with van der Waals surface area (Å²) in [6.07, 6.45) is 20.6. The fourth-order valence-electron chi connectivity index (χ4n) is 4.42. The van der Waals surface area contributed by atoms with Crippen LogP contribution in [0.15, 0.2) is 77.5 Å². The Bertz CT molecular complexity index is 840. The SMILES string of the molecule is COc1ccc(/C(=N/OCCN2CCCCCC2)C2=CC=CC3C=CC=CC23)cc1. The lowest BCUT2D eigenvalue weighted by Gasteiger charge is -2.27. The van der Waals surface area contributed by atoms with Gasteiger partial charge < -0.3 is 9.57 Å². The van der Waals surface area contributed by atoms with Gasteiger partial charge in [0.25, 0.3) is 0 Å². The molecule has 0 N–H and O–H groups in total. The number of hydrogen-bond acceptors (Lipinski definition) is 4.